The van der Waals surface area contributed by atoms with Crippen molar-refractivity contribution < 1.29 is 28.7 Å². The van der Waals surface area contributed by atoms with E-state index >= 15 is 0 Å². The molecule has 1 amide bonds. The highest BCUT2D eigenvalue weighted by atomic mass is 16.6. The van der Waals surface area contributed by atoms with Gasteiger partial charge in [-0.25, -0.2) is 4.79 Å². The van der Waals surface area contributed by atoms with Gasteiger partial charge in [-0.3, -0.25) is 14.9 Å². The minimum atomic E-state index is -0.678. The van der Waals surface area contributed by atoms with E-state index < -0.39 is 23.4 Å². The van der Waals surface area contributed by atoms with Crippen LogP contribution >= 0.6 is 0 Å². The van der Waals surface area contributed by atoms with E-state index in [9.17, 15) is 19.7 Å². The van der Waals surface area contributed by atoms with Crippen LogP contribution in [0.3, 0.4) is 0 Å². The second kappa shape index (κ2) is 8.57. The quantitative estimate of drug-likeness (QED) is 0.434. The standard InChI is InChI=1S/C13H16N2O7/c1-3-21-8-13(17)22-7-12(16)14-10-6-9(15(18)19)4-5-11(10)20-2/h4-6H,3,7-8H2,1-2H3,(H,14,16). The van der Waals surface area contributed by atoms with Gasteiger partial charge < -0.3 is 19.5 Å². The van der Waals surface area contributed by atoms with Crippen molar-refractivity contribution in [1.29, 1.82) is 0 Å². The fraction of sp³-hybridized carbons (Fsp3) is 0.385. The van der Waals surface area contributed by atoms with Gasteiger partial charge in [0.2, 0.25) is 0 Å². The molecule has 0 atom stereocenters. The van der Waals surface area contributed by atoms with Gasteiger partial charge in [-0.2, -0.15) is 0 Å². The van der Waals surface area contributed by atoms with Crippen LogP contribution in [0.2, 0.25) is 0 Å². The molecule has 9 nitrogen and oxygen atoms in total. The van der Waals surface area contributed by atoms with Gasteiger partial charge in [0, 0.05) is 18.7 Å². The second-order valence-corrected chi connectivity index (χ2v) is 3.99. The van der Waals surface area contributed by atoms with Crippen LogP contribution in [-0.2, 0) is 19.1 Å². The zero-order valence-electron chi connectivity index (χ0n) is 12.2. The van der Waals surface area contributed by atoms with Crippen molar-refractivity contribution in [2.24, 2.45) is 0 Å². The topological polar surface area (TPSA) is 117 Å². The van der Waals surface area contributed by atoms with Gasteiger partial charge in [0.25, 0.3) is 11.6 Å². The molecule has 0 heterocycles. The number of esters is 1. The number of carbonyl (C=O) groups excluding carboxylic acids is 2. The molecule has 9 heteroatoms. The number of anilines is 1. The van der Waals surface area contributed by atoms with Crippen molar-refractivity contribution >= 4 is 23.3 Å². The number of non-ortho nitro benzene ring substituents is 1. The van der Waals surface area contributed by atoms with Gasteiger partial charge >= 0.3 is 5.97 Å². The van der Waals surface area contributed by atoms with Crippen molar-refractivity contribution in [3.05, 3.63) is 28.3 Å². The fourth-order valence-corrected chi connectivity index (χ4v) is 1.47. The number of carbonyl (C=O) groups is 2. The molecular formula is C13H16N2O7. The van der Waals surface area contributed by atoms with Gasteiger partial charge in [-0.15, -0.1) is 0 Å². The maximum Gasteiger partial charge on any atom is 0.332 e. The molecule has 0 aliphatic carbocycles. The molecule has 0 bridgehead atoms. The number of hydrogen-bond acceptors (Lipinski definition) is 7. The SMILES string of the molecule is CCOCC(=O)OCC(=O)Nc1cc([N+](=O)[O-])ccc1OC. The lowest BCUT2D eigenvalue weighted by atomic mass is 10.2. The molecule has 0 fully saturated rings. The number of benzene rings is 1. The highest BCUT2D eigenvalue weighted by Gasteiger charge is 2.14. The maximum atomic E-state index is 11.7. The Morgan fingerprint density at radius 3 is 2.64 bits per heavy atom. The number of amides is 1. The summed E-state index contributed by atoms with van der Waals surface area (Å²) in [4.78, 5) is 33.0. The van der Waals surface area contributed by atoms with E-state index in [1.165, 1.54) is 19.2 Å². The molecule has 1 aromatic rings. The fourth-order valence-electron chi connectivity index (χ4n) is 1.47. The van der Waals surface area contributed by atoms with Crippen LogP contribution < -0.4 is 10.1 Å². The minimum absolute atomic E-state index is 0.113. The molecule has 0 radical (unpaired) electrons. The number of nitro benzene ring substituents is 1. The minimum Gasteiger partial charge on any atom is -0.495 e. The molecule has 1 aromatic carbocycles. The molecule has 120 valence electrons. The molecule has 0 saturated heterocycles. The highest BCUT2D eigenvalue weighted by Crippen LogP contribution is 2.28. The first-order valence-corrected chi connectivity index (χ1v) is 6.33. The Morgan fingerprint density at radius 1 is 1.32 bits per heavy atom. The first-order valence-electron chi connectivity index (χ1n) is 6.33. The molecule has 0 unspecified atom stereocenters. The summed E-state index contributed by atoms with van der Waals surface area (Å²) in [5.74, 6) is -1.08. The van der Waals surface area contributed by atoms with Crippen LogP contribution in [0.15, 0.2) is 18.2 Å². The van der Waals surface area contributed by atoms with E-state index in [1.54, 1.807) is 6.92 Å². The summed E-state index contributed by atoms with van der Waals surface area (Å²) in [6, 6.07) is 3.75. The maximum absolute atomic E-state index is 11.7. The van der Waals surface area contributed by atoms with Gasteiger partial charge in [-0.1, -0.05) is 0 Å². The van der Waals surface area contributed by atoms with E-state index in [-0.39, 0.29) is 23.7 Å². The van der Waals surface area contributed by atoms with Gasteiger partial charge in [0.15, 0.2) is 6.61 Å². The number of methoxy groups -OCH3 is 1. The van der Waals surface area contributed by atoms with E-state index in [1.807, 2.05) is 0 Å². The van der Waals surface area contributed by atoms with Crippen molar-refractivity contribution in [2.45, 2.75) is 6.92 Å². The van der Waals surface area contributed by atoms with E-state index in [4.69, 9.17) is 9.47 Å². The van der Waals surface area contributed by atoms with Gasteiger partial charge in [0.05, 0.1) is 17.7 Å². The third-order valence-electron chi connectivity index (χ3n) is 2.46. The second-order valence-electron chi connectivity index (χ2n) is 3.99. The summed E-state index contributed by atoms with van der Waals surface area (Å²) in [7, 11) is 1.36. The molecule has 0 aromatic heterocycles. The number of hydrogen-bond donors (Lipinski definition) is 1. The normalized spacial score (nSPS) is 9.91. The third kappa shape index (κ3) is 5.37. The van der Waals surface area contributed by atoms with E-state index in [2.05, 4.69) is 10.1 Å². The lowest BCUT2D eigenvalue weighted by molar-refractivity contribution is -0.384. The monoisotopic (exact) mass is 312 g/mol. The zero-order chi connectivity index (χ0) is 16.5. The van der Waals surface area contributed by atoms with E-state index in [0.29, 0.717) is 6.61 Å². The number of nitro groups is 1. The predicted octanol–water partition coefficient (Wildman–Crippen LogP) is 1.12. The Labute approximate surface area is 126 Å². The Morgan fingerprint density at radius 2 is 2.05 bits per heavy atom. The number of ether oxygens (including phenoxy) is 3. The molecule has 1 rings (SSSR count). The predicted molar refractivity (Wildman–Crippen MR) is 75.7 cm³/mol. The largest absolute Gasteiger partial charge is 0.495 e. The summed E-state index contributed by atoms with van der Waals surface area (Å²) in [5.41, 5.74) is -0.0907. The van der Waals surface area contributed by atoms with Crippen LogP contribution in [0.25, 0.3) is 0 Å². The lowest BCUT2D eigenvalue weighted by Gasteiger charge is -2.10. The van der Waals surface area contributed by atoms with Crippen LogP contribution in [0, 0.1) is 10.1 Å². The molecule has 22 heavy (non-hydrogen) atoms. The Kier molecular flexibility index (Phi) is 6.77. The van der Waals surface area contributed by atoms with Crippen LogP contribution in [-0.4, -0.2) is 43.7 Å². The van der Waals surface area contributed by atoms with Crippen LogP contribution in [0.4, 0.5) is 11.4 Å². The summed E-state index contributed by atoms with van der Waals surface area (Å²) >= 11 is 0. The number of nitrogens with one attached hydrogen (secondary N) is 1. The van der Waals surface area contributed by atoms with Crippen LogP contribution in [0.5, 0.6) is 5.75 Å². The summed E-state index contributed by atoms with van der Waals surface area (Å²) in [5, 5.41) is 13.1. The number of rotatable bonds is 8. The molecule has 0 spiro atoms. The average Bonchev–Trinajstić information content (AvgIpc) is 2.50. The van der Waals surface area contributed by atoms with Crippen LogP contribution in [0.1, 0.15) is 6.92 Å². The van der Waals surface area contributed by atoms with Crippen molar-refractivity contribution in [2.75, 3.05) is 32.2 Å². The summed E-state index contributed by atoms with van der Waals surface area (Å²) < 4.78 is 14.5. The number of nitrogens with zero attached hydrogens (tertiary/aromatic N) is 1. The molecule has 1 N–H and O–H groups in total. The smallest absolute Gasteiger partial charge is 0.332 e. The zero-order valence-corrected chi connectivity index (χ0v) is 12.2. The lowest BCUT2D eigenvalue weighted by Crippen LogP contribution is -2.23. The highest BCUT2D eigenvalue weighted by molar-refractivity contribution is 5.94. The van der Waals surface area contributed by atoms with Crippen molar-refractivity contribution in [1.82, 2.24) is 0 Å². The average molecular weight is 312 g/mol. The Hall–Kier alpha value is -2.68. The van der Waals surface area contributed by atoms with Gasteiger partial charge in [-0.05, 0) is 13.0 Å². The molecule has 0 saturated carbocycles. The first kappa shape index (κ1) is 17.4. The Bertz CT molecular complexity index is 559. The molecule has 0 aliphatic heterocycles. The van der Waals surface area contributed by atoms with Crippen molar-refractivity contribution in [3.63, 3.8) is 0 Å². The molecular weight excluding hydrogens is 296 g/mol. The third-order valence-corrected chi connectivity index (χ3v) is 2.46. The van der Waals surface area contributed by atoms with Gasteiger partial charge in [0.1, 0.15) is 12.4 Å². The Balaban J connectivity index is 2.65. The first-order chi connectivity index (χ1) is 10.5. The molecule has 0 aliphatic rings. The van der Waals surface area contributed by atoms with Crippen molar-refractivity contribution in [3.8, 4) is 5.75 Å². The summed E-state index contributed by atoms with van der Waals surface area (Å²) in [6.07, 6.45) is 0. The van der Waals surface area contributed by atoms with E-state index in [0.717, 1.165) is 6.07 Å². The summed E-state index contributed by atoms with van der Waals surface area (Å²) in [6.45, 7) is 1.29.